The summed E-state index contributed by atoms with van der Waals surface area (Å²) in [6, 6.07) is 0. The summed E-state index contributed by atoms with van der Waals surface area (Å²) >= 11 is 0. The zero-order valence-corrected chi connectivity index (χ0v) is 8.37. The minimum Gasteiger partial charge on any atom is -0.495 e. The van der Waals surface area contributed by atoms with Crippen LogP contribution in [-0.2, 0) is 14.3 Å². The van der Waals surface area contributed by atoms with Gasteiger partial charge in [0.05, 0.1) is 6.26 Å². The van der Waals surface area contributed by atoms with E-state index in [0.717, 1.165) is 0 Å². The fourth-order valence-corrected chi connectivity index (χ4v) is 0.628. The molecule has 3 nitrogen and oxygen atoms in total. The minimum absolute atomic E-state index is 0.194. The second-order valence-corrected chi connectivity index (χ2v) is 2.90. The van der Waals surface area contributed by atoms with Gasteiger partial charge in [-0.1, -0.05) is 13.2 Å². The summed E-state index contributed by atoms with van der Waals surface area (Å²) < 4.78 is 10.1. The molecule has 0 aliphatic rings. The van der Waals surface area contributed by atoms with Gasteiger partial charge in [0.15, 0.2) is 0 Å². The molecule has 0 rings (SSSR count). The Labute approximate surface area is 79.0 Å². The number of carbonyl (C=O) groups is 1. The monoisotopic (exact) mass is 184 g/mol. The highest BCUT2D eigenvalue weighted by Crippen LogP contribution is 2.05. The van der Waals surface area contributed by atoms with Gasteiger partial charge in [0.2, 0.25) is 0 Å². The Bertz CT molecular complexity index is 208. The zero-order valence-electron chi connectivity index (χ0n) is 8.37. The van der Waals surface area contributed by atoms with E-state index >= 15 is 0 Å². The molecule has 0 saturated heterocycles. The first-order chi connectivity index (χ1) is 5.99. The van der Waals surface area contributed by atoms with E-state index in [2.05, 4.69) is 13.2 Å². The van der Waals surface area contributed by atoms with Crippen LogP contribution in [-0.4, -0.2) is 18.2 Å². The number of hydrogen-bond acceptors (Lipinski definition) is 3. The first kappa shape index (κ1) is 11.8. The fourth-order valence-electron chi connectivity index (χ4n) is 0.628. The van der Waals surface area contributed by atoms with Gasteiger partial charge in [-0.2, -0.15) is 0 Å². The highest BCUT2D eigenvalue weighted by molar-refractivity contribution is 5.87. The molecule has 2 atom stereocenters. The predicted molar refractivity (Wildman–Crippen MR) is 51.1 cm³/mol. The van der Waals surface area contributed by atoms with Crippen molar-refractivity contribution in [3.05, 3.63) is 25.0 Å². The standard InChI is InChI=1S/C10H16O3/c1-6-12-8(4)9(5)13-10(11)7(2)3/h6,8-9H,1-2H2,3-5H3. The van der Waals surface area contributed by atoms with Crippen LogP contribution < -0.4 is 0 Å². The molecule has 0 aromatic heterocycles. The maximum absolute atomic E-state index is 11.1. The molecule has 0 fully saturated rings. The van der Waals surface area contributed by atoms with Crippen molar-refractivity contribution >= 4 is 5.97 Å². The van der Waals surface area contributed by atoms with Crippen LogP contribution in [0.4, 0.5) is 0 Å². The Morgan fingerprint density at radius 1 is 1.38 bits per heavy atom. The molecule has 0 aliphatic heterocycles. The molecule has 13 heavy (non-hydrogen) atoms. The van der Waals surface area contributed by atoms with E-state index in [1.54, 1.807) is 20.8 Å². The maximum atomic E-state index is 11.1. The first-order valence-corrected chi connectivity index (χ1v) is 4.12. The van der Waals surface area contributed by atoms with Crippen molar-refractivity contribution in [2.45, 2.75) is 33.0 Å². The van der Waals surface area contributed by atoms with Gasteiger partial charge >= 0.3 is 5.97 Å². The largest absolute Gasteiger partial charge is 0.495 e. The summed E-state index contributed by atoms with van der Waals surface area (Å²) in [6.45, 7) is 12.1. The Hall–Kier alpha value is -1.25. The molecule has 0 spiro atoms. The summed E-state index contributed by atoms with van der Waals surface area (Å²) in [6.07, 6.45) is 0.832. The Morgan fingerprint density at radius 2 is 1.92 bits per heavy atom. The molecule has 3 heteroatoms. The lowest BCUT2D eigenvalue weighted by molar-refractivity contribution is -0.148. The van der Waals surface area contributed by atoms with E-state index in [1.165, 1.54) is 6.26 Å². The molecule has 74 valence electrons. The van der Waals surface area contributed by atoms with Crippen molar-refractivity contribution in [1.82, 2.24) is 0 Å². The van der Waals surface area contributed by atoms with Gasteiger partial charge < -0.3 is 9.47 Å². The topological polar surface area (TPSA) is 35.5 Å². The van der Waals surface area contributed by atoms with E-state index in [4.69, 9.17) is 9.47 Å². The first-order valence-electron chi connectivity index (χ1n) is 4.12. The molecule has 2 unspecified atom stereocenters. The van der Waals surface area contributed by atoms with E-state index in [-0.39, 0.29) is 12.2 Å². The van der Waals surface area contributed by atoms with Crippen molar-refractivity contribution in [2.24, 2.45) is 0 Å². The zero-order chi connectivity index (χ0) is 10.4. The van der Waals surface area contributed by atoms with Crippen LogP contribution in [0.15, 0.2) is 25.0 Å². The van der Waals surface area contributed by atoms with Gasteiger partial charge in [-0.25, -0.2) is 4.79 Å². The third kappa shape index (κ3) is 4.35. The average molecular weight is 184 g/mol. The quantitative estimate of drug-likeness (QED) is 0.372. The molecular weight excluding hydrogens is 168 g/mol. The average Bonchev–Trinajstić information content (AvgIpc) is 2.04. The van der Waals surface area contributed by atoms with Crippen LogP contribution in [0.2, 0.25) is 0 Å². The molecule has 0 saturated carbocycles. The van der Waals surface area contributed by atoms with Crippen molar-refractivity contribution in [3.63, 3.8) is 0 Å². The van der Waals surface area contributed by atoms with Gasteiger partial charge in [-0.15, -0.1) is 0 Å². The summed E-state index contributed by atoms with van der Waals surface area (Å²) in [5.74, 6) is -0.396. The number of rotatable bonds is 5. The minimum atomic E-state index is -0.396. The number of carbonyl (C=O) groups excluding carboxylic acids is 1. The predicted octanol–water partition coefficient (Wildman–Crippen LogP) is 2.04. The van der Waals surface area contributed by atoms with E-state index < -0.39 is 5.97 Å². The molecule has 0 radical (unpaired) electrons. The maximum Gasteiger partial charge on any atom is 0.333 e. The van der Waals surface area contributed by atoms with Gasteiger partial charge in [0.25, 0.3) is 0 Å². The molecular formula is C10H16O3. The smallest absolute Gasteiger partial charge is 0.333 e. The van der Waals surface area contributed by atoms with Crippen molar-refractivity contribution in [2.75, 3.05) is 0 Å². The number of esters is 1. The number of ether oxygens (including phenoxy) is 2. The van der Waals surface area contributed by atoms with E-state index in [9.17, 15) is 4.79 Å². The molecule has 0 amide bonds. The molecule has 0 aromatic carbocycles. The summed E-state index contributed by atoms with van der Waals surface area (Å²) in [5, 5.41) is 0. The van der Waals surface area contributed by atoms with Crippen LogP contribution in [0.5, 0.6) is 0 Å². The lowest BCUT2D eigenvalue weighted by atomic mass is 10.2. The van der Waals surface area contributed by atoms with Crippen LogP contribution in [0.1, 0.15) is 20.8 Å². The van der Waals surface area contributed by atoms with Gasteiger partial charge in [-0.3, -0.25) is 0 Å². The molecule has 0 bridgehead atoms. The van der Waals surface area contributed by atoms with Crippen LogP contribution in [0.25, 0.3) is 0 Å². The SMILES string of the molecule is C=COC(C)C(C)OC(=O)C(=C)C. The Balaban J connectivity index is 3.98. The van der Waals surface area contributed by atoms with Crippen molar-refractivity contribution < 1.29 is 14.3 Å². The lowest BCUT2D eigenvalue weighted by Crippen LogP contribution is -2.27. The summed E-state index contributed by atoms with van der Waals surface area (Å²) in [5.41, 5.74) is 0.387. The second kappa shape index (κ2) is 5.41. The summed E-state index contributed by atoms with van der Waals surface area (Å²) in [7, 11) is 0. The summed E-state index contributed by atoms with van der Waals surface area (Å²) in [4.78, 5) is 11.1. The molecule has 0 heterocycles. The third-order valence-electron chi connectivity index (χ3n) is 1.61. The van der Waals surface area contributed by atoms with Crippen LogP contribution in [0.3, 0.4) is 0 Å². The normalized spacial score (nSPS) is 14.1. The fraction of sp³-hybridized carbons (Fsp3) is 0.500. The Kier molecular flexibility index (Phi) is 4.89. The van der Waals surface area contributed by atoms with E-state index in [1.807, 2.05) is 0 Å². The highest BCUT2D eigenvalue weighted by atomic mass is 16.6. The van der Waals surface area contributed by atoms with Crippen LogP contribution >= 0.6 is 0 Å². The molecule has 0 N–H and O–H groups in total. The lowest BCUT2D eigenvalue weighted by Gasteiger charge is -2.19. The van der Waals surface area contributed by atoms with E-state index in [0.29, 0.717) is 5.57 Å². The van der Waals surface area contributed by atoms with Gasteiger partial charge in [-0.05, 0) is 20.8 Å². The highest BCUT2D eigenvalue weighted by Gasteiger charge is 2.16. The van der Waals surface area contributed by atoms with Gasteiger partial charge in [0, 0.05) is 5.57 Å². The third-order valence-corrected chi connectivity index (χ3v) is 1.61. The van der Waals surface area contributed by atoms with Crippen LogP contribution in [0, 0.1) is 0 Å². The number of hydrogen-bond donors (Lipinski definition) is 0. The van der Waals surface area contributed by atoms with Crippen molar-refractivity contribution in [1.29, 1.82) is 0 Å². The molecule has 0 aromatic rings. The molecule has 0 aliphatic carbocycles. The van der Waals surface area contributed by atoms with Gasteiger partial charge in [0.1, 0.15) is 12.2 Å². The Morgan fingerprint density at radius 3 is 2.31 bits per heavy atom. The second-order valence-electron chi connectivity index (χ2n) is 2.90. The van der Waals surface area contributed by atoms with Crippen molar-refractivity contribution in [3.8, 4) is 0 Å².